The lowest BCUT2D eigenvalue weighted by Crippen LogP contribution is -2.34. The van der Waals surface area contributed by atoms with Crippen LogP contribution in [0.2, 0.25) is 0 Å². The van der Waals surface area contributed by atoms with E-state index in [-0.39, 0.29) is 11.3 Å². The zero-order chi connectivity index (χ0) is 14.8. The van der Waals surface area contributed by atoms with Gasteiger partial charge in [-0.3, -0.25) is 4.79 Å². The van der Waals surface area contributed by atoms with Gasteiger partial charge < -0.3 is 14.9 Å². The van der Waals surface area contributed by atoms with Crippen LogP contribution in [0.15, 0.2) is 4.52 Å². The van der Waals surface area contributed by atoms with Gasteiger partial charge in [-0.15, -0.1) is 0 Å². The van der Waals surface area contributed by atoms with E-state index in [2.05, 4.69) is 15.5 Å². The molecular weight excluding hydrogens is 258 g/mol. The Morgan fingerprint density at radius 2 is 2.00 bits per heavy atom. The topological polar surface area (TPSA) is 88.2 Å². The van der Waals surface area contributed by atoms with Crippen molar-refractivity contribution in [2.45, 2.75) is 64.5 Å². The van der Waals surface area contributed by atoms with E-state index in [1.54, 1.807) is 0 Å². The number of aromatic nitrogens is 2. The molecule has 6 heteroatoms. The number of nitrogens with zero attached hydrogens (tertiary/aromatic N) is 2. The SMILES string of the molecule is CC(C)(C)c1noc(CNC2CCC(C(=O)O)CC2)n1. The lowest BCUT2D eigenvalue weighted by atomic mass is 9.86. The first kappa shape index (κ1) is 15.0. The second kappa shape index (κ2) is 5.91. The quantitative estimate of drug-likeness (QED) is 0.878. The van der Waals surface area contributed by atoms with Gasteiger partial charge >= 0.3 is 5.97 Å². The summed E-state index contributed by atoms with van der Waals surface area (Å²) in [5.41, 5.74) is -0.110. The summed E-state index contributed by atoms with van der Waals surface area (Å²) in [5, 5.41) is 16.3. The average Bonchev–Trinajstić information content (AvgIpc) is 2.85. The van der Waals surface area contributed by atoms with Gasteiger partial charge in [-0.2, -0.15) is 4.98 Å². The van der Waals surface area contributed by atoms with Crippen molar-refractivity contribution in [2.24, 2.45) is 5.92 Å². The first-order valence-corrected chi connectivity index (χ1v) is 7.15. The number of hydrogen-bond donors (Lipinski definition) is 2. The molecule has 20 heavy (non-hydrogen) atoms. The van der Waals surface area contributed by atoms with Crippen molar-refractivity contribution in [3.8, 4) is 0 Å². The predicted molar refractivity (Wildman–Crippen MR) is 73.2 cm³/mol. The molecule has 2 N–H and O–H groups in total. The third-order valence-electron chi connectivity index (χ3n) is 3.76. The summed E-state index contributed by atoms with van der Waals surface area (Å²) in [6.45, 7) is 6.68. The molecule has 0 atom stereocenters. The zero-order valence-corrected chi connectivity index (χ0v) is 12.3. The van der Waals surface area contributed by atoms with Crippen molar-refractivity contribution in [1.29, 1.82) is 0 Å². The minimum Gasteiger partial charge on any atom is -0.481 e. The predicted octanol–water partition coefficient (Wildman–Crippen LogP) is 2.10. The van der Waals surface area contributed by atoms with E-state index in [4.69, 9.17) is 9.63 Å². The van der Waals surface area contributed by atoms with Crippen LogP contribution in [0, 0.1) is 5.92 Å². The fourth-order valence-electron chi connectivity index (χ4n) is 2.41. The van der Waals surface area contributed by atoms with Gasteiger partial charge in [-0.1, -0.05) is 25.9 Å². The summed E-state index contributed by atoms with van der Waals surface area (Å²) in [6, 6.07) is 0.343. The molecule has 1 aliphatic rings. The number of hydrogen-bond acceptors (Lipinski definition) is 5. The molecule has 1 aliphatic carbocycles. The van der Waals surface area contributed by atoms with Gasteiger partial charge in [-0.25, -0.2) is 0 Å². The highest BCUT2D eigenvalue weighted by atomic mass is 16.5. The van der Waals surface area contributed by atoms with Crippen molar-refractivity contribution in [3.05, 3.63) is 11.7 Å². The standard InChI is InChI=1S/C14H23N3O3/c1-14(2,3)13-16-11(20-17-13)8-15-10-6-4-9(5-7-10)12(18)19/h9-10,15H,4-8H2,1-3H3,(H,18,19). The van der Waals surface area contributed by atoms with Crippen molar-refractivity contribution < 1.29 is 14.4 Å². The number of carboxylic acid groups (broad SMARTS) is 1. The fraction of sp³-hybridized carbons (Fsp3) is 0.786. The van der Waals surface area contributed by atoms with Crippen molar-refractivity contribution in [2.75, 3.05) is 0 Å². The van der Waals surface area contributed by atoms with E-state index >= 15 is 0 Å². The Hall–Kier alpha value is -1.43. The Morgan fingerprint density at radius 1 is 1.35 bits per heavy atom. The second-order valence-electron chi connectivity index (χ2n) is 6.53. The Balaban J connectivity index is 1.79. The van der Waals surface area contributed by atoms with E-state index < -0.39 is 5.97 Å². The molecule has 0 bridgehead atoms. The molecule has 0 radical (unpaired) electrons. The molecule has 0 aliphatic heterocycles. The van der Waals surface area contributed by atoms with Crippen LogP contribution in [-0.2, 0) is 16.8 Å². The summed E-state index contributed by atoms with van der Waals surface area (Å²) in [4.78, 5) is 15.3. The van der Waals surface area contributed by atoms with Gasteiger partial charge in [-0.05, 0) is 25.7 Å². The molecule has 0 saturated heterocycles. The van der Waals surface area contributed by atoms with Crippen LogP contribution >= 0.6 is 0 Å². The highest BCUT2D eigenvalue weighted by Crippen LogP contribution is 2.24. The maximum absolute atomic E-state index is 10.9. The molecule has 0 amide bonds. The number of rotatable bonds is 4. The van der Waals surface area contributed by atoms with Crippen LogP contribution in [0.4, 0.5) is 0 Å². The second-order valence-corrected chi connectivity index (χ2v) is 6.53. The molecule has 1 heterocycles. The summed E-state index contributed by atoms with van der Waals surface area (Å²) in [7, 11) is 0. The van der Waals surface area contributed by atoms with Gasteiger partial charge in [0.25, 0.3) is 0 Å². The lowest BCUT2D eigenvalue weighted by Gasteiger charge is -2.26. The molecular formula is C14H23N3O3. The molecule has 0 aromatic carbocycles. The van der Waals surface area contributed by atoms with Crippen LogP contribution in [-0.4, -0.2) is 27.3 Å². The molecule has 0 unspecified atom stereocenters. The molecule has 1 aromatic heterocycles. The number of nitrogens with one attached hydrogen (secondary N) is 1. The Labute approximate surface area is 118 Å². The number of carbonyl (C=O) groups is 1. The minimum absolute atomic E-state index is 0.110. The monoisotopic (exact) mass is 281 g/mol. The smallest absolute Gasteiger partial charge is 0.306 e. The fourth-order valence-corrected chi connectivity index (χ4v) is 2.41. The third kappa shape index (κ3) is 3.79. The van der Waals surface area contributed by atoms with Crippen LogP contribution in [0.25, 0.3) is 0 Å². The van der Waals surface area contributed by atoms with Crippen molar-refractivity contribution in [3.63, 3.8) is 0 Å². The third-order valence-corrected chi connectivity index (χ3v) is 3.76. The van der Waals surface area contributed by atoms with Gasteiger partial charge in [0.15, 0.2) is 5.82 Å². The summed E-state index contributed by atoms with van der Waals surface area (Å²) >= 11 is 0. The van der Waals surface area contributed by atoms with Crippen molar-refractivity contribution in [1.82, 2.24) is 15.5 Å². The highest BCUT2D eigenvalue weighted by Gasteiger charge is 2.26. The largest absolute Gasteiger partial charge is 0.481 e. The minimum atomic E-state index is -0.671. The number of aliphatic carboxylic acids is 1. The van der Waals surface area contributed by atoms with Crippen LogP contribution in [0.5, 0.6) is 0 Å². The highest BCUT2D eigenvalue weighted by molar-refractivity contribution is 5.70. The normalized spacial score (nSPS) is 23.8. The maximum atomic E-state index is 10.9. The Morgan fingerprint density at radius 3 is 2.50 bits per heavy atom. The van der Waals surface area contributed by atoms with Gasteiger partial charge in [0.2, 0.25) is 5.89 Å². The Kier molecular flexibility index (Phi) is 4.42. The van der Waals surface area contributed by atoms with Crippen LogP contribution in [0.1, 0.15) is 58.2 Å². The van der Waals surface area contributed by atoms with Crippen LogP contribution in [0.3, 0.4) is 0 Å². The molecule has 0 spiro atoms. The molecule has 112 valence electrons. The van der Waals surface area contributed by atoms with E-state index in [1.807, 2.05) is 20.8 Å². The average molecular weight is 281 g/mol. The summed E-state index contributed by atoms with van der Waals surface area (Å²) in [5.74, 6) is 0.457. The molecule has 6 nitrogen and oxygen atoms in total. The Bertz CT molecular complexity index is 456. The van der Waals surface area contributed by atoms with Gasteiger partial charge in [0, 0.05) is 11.5 Å². The zero-order valence-electron chi connectivity index (χ0n) is 12.3. The first-order valence-electron chi connectivity index (χ1n) is 7.15. The lowest BCUT2D eigenvalue weighted by molar-refractivity contribution is -0.142. The summed E-state index contributed by atoms with van der Waals surface area (Å²) < 4.78 is 5.22. The summed E-state index contributed by atoms with van der Waals surface area (Å²) in [6.07, 6.45) is 3.25. The molecule has 2 rings (SSSR count). The van der Waals surface area contributed by atoms with E-state index in [0.29, 0.717) is 24.3 Å². The van der Waals surface area contributed by atoms with Crippen molar-refractivity contribution >= 4 is 5.97 Å². The maximum Gasteiger partial charge on any atom is 0.306 e. The van der Waals surface area contributed by atoms with E-state index in [9.17, 15) is 4.79 Å². The molecule has 1 aromatic rings. The van der Waals surface area contributed by atoms with Crippen LogP contribution < -0.4 is 5.32 Å². The van der Waals surface area contributed by atoms with E-state index in [1.165, 1.54) is 0 Å². The van der Waals surface area contributed by atoms with Gasteiger partial charge in [0.05, 0.1) is 12.5 Å². The first-order chi connectivity index (χ1) is 9.36. The molecule has 1 fully saturated rings. The number of carboxylic acids is 1. The van der Waals surface area contributed by atoms with Gasteiger partial charge in [0.1, 0.15) is 0 Å². The molecule has 1 saturated carbocycles. The van der Waals surface area contributed by atoms with E-state index in [0.717, 1.165) is 25.7 Å².